The molecule has 122 valence electrons. The zero-order valence-electron chi connectivity index (χ0n) is 13.8. The fourth-order valence-corrected chi connectivity index (χ4v) is 3.66. The molecule has 0 spiro atoms. The first-order valence-corrected chi connectivity index (χ1v) is 8.40. The SMILES string of the molecule is CC#Cc1cncc(-c2csc([C@]3(C)CC(=O)N(C)C(N)=N3)c2)c1. The molecular formula is C18H18N4OS. The van der Waals surface area contributed by atoms with Crippen LogP contribution in [0, 0.1) is 11.8 Å². The average Bonchev–Trinajstić information content (AvgIpc) is 3.04. The van der Waals surface area contributed by atoms with Crippen LogP contribution in [0.1, 0.15) is 30.7 Å². The van der Waals surface area contributed by atoms with E-state index in [4.69, 9.17) is 5.73 Å². The lowest BCUT2D eigenvalue weighted by molar-refractivity contribution is -0.128. The van der Waals surface area contributed by atoms with Gasteiger partial charge in [0.15, 0.2) is 5.96 Å². The molecular weight excluding hydrogens is 320 g/mol. The van der Waals surface area contributed by atoms with Crippen molar-refractivity contribution in [1.29, 1.82) is 0 Å². The van der Waals surface area contributed by atoms with Crippen LogP contribution in [0.3, 0.4) is 0 Å². The summed E-state index contributed by atoms with van der Waals surface area (Å²) in [7, 11) is 1.65. The highest BCUT2D eigenvalue weighted by Gasteiger charge is 2.37. The van der Waals surface area contributed by atoms with E-state index in [9.17, 15) is 4.79 Å². The summed E-state index contributed by atoms with van der Waals surface area (Å²) in [6, 6.07) is 4.06. The first-order valence-electron chi connectivity index (χ1n) is 7.52. The van der Waals surface area contributed by atoms with Gasteiger partial charge in [-0.15, -0.1) is 17.3 Å². The Morgan fingerprint density at radius 2 is 2.12 bits per heavy atom. The number of nitrogens with two attached hydrogens (primary N) is 1. The minimum Gasteiger partial charge on any atom is -0.369 e. The maximum atomic E-state index is 12.1. The molecule has 0 saturated heterocycles. The number of carbonyl (C=O) groups excluding carboxylic acids is 1. The van der Waals surface area contributed by atoms with Gasteiger partial charge in [-0.1, -0.05) is 5.92 Å². The predicted molar refractivity (Wildman–Crippen MR) is 96.5 cm³/mol. The van der Waals surface area contributed by atoms with Crippen LogP contribution in [-0.2, 0) is 10.3 Å². The van der Waals surface area contributed by atoms with Gasteiger partial charge in [-0.2, -0.15) is 0 Å². The molecule has 1 aliphatic heterocycles. The lowest BCUT2D eigenvalue weighted by atomic mass is 9.93. The molecule has 2 aromatic rings. The summed E-state index contributed by atoms with van der Waals surface area (Å²) in [5, 5.41) is 2.05. The van der Waals surface area contributed by atoms with Crippen LogP contribution in [-0.4, -0.2) is 28.8 Å². The van der Waals surface area contributed by atoms with Crippen molar-refractivity contribution < 1.29 is 4.79 Å². The molecule has 5 nitrogen and oxygen atoms in total. The molecule has 0 bridgehead atoms. The highest BCUT2D eigenvalue weighted by atomic mass is 32.1. The summed E-state index contributed by atoms with van der Waals surface area (Å²) >= 11 is 1.58. The second kappa shape index (κ2) is 6.10. The van der Waals surface area contributed by atoms with E-state index < -0.39 is 5.54 Å². The quantitative estimate of drug-likeness (QED) is 0.856. The number of nitrogens with zero attached hydrogens (tertiary/aromatic N) is 3. The molecule has 2 aromatic heterocycles. The molecule has 1 amide bonds. The molecule has 2 N–H and O–H groups in total. The normalized spacial score (nSPS) is 20.4. The molecule has 0 saturated carbocycles. The molecule has 3 rings (SSSR count). The van der Waals surface area contributed by atoms with Crippen molar-refractivity contribution in [1.82, 2.24) is 9.88 Å². The minimum absolute atomic E-state index is 0.0261. The molecule has 0 aliphatic carbocycles. The summed E-state index contributed by atoms with van der Waals surface area (Å²) in [5.74, 6) is 6.12. The fraction of sp³-hybridized carbons (Fsp3) is 0.278. The van der Waals surface area contributed by atoms with Crippen LogP contribution in [0.5, 0.6) is 0 Å². The second-order valence-electron chi connectivity index (χ2n) is 5.91. The first-order chi connectivity index (χ1) is 11.4. The van der Waals surface area contributed by atoms with Gasteiger partial charge in [0.25, 0.3) is 0 Å². The Balaban J connectivity index is 1.97. The lowest BCUT2D eigenvalue weighted by Crippen LogP contribution is -2.47. The number of aliphatic imine (C=N–C) groups is 1. The third-order valence-corrected chi connectivity index (χ3v) is 5.23. The Hall–Kier alpha value is -2.65. The third-order valence-electron chi connectivity index (χ3n) is 4.05. The topological polar surface area (TPSA) is 71.6 Å². The molecule has 0 fully saturated rings. The third kappa shape index (κ3) is 2.91. The van der Waals surface area contributed by atoms with E-state index >= 15 is 0 Å². The average molecular weight is 338 g/mol. The van der Waals surface area contributed by atoms with Crippen LogP contribution in [0.25, 0.3) is 11.1 Å². The van der Waals surface area contributed by atoms with E-state index in [1.54, 1.807) is 31.5 Å². The number of carbonyl (C=O) groups is 1. The number of guanidine groups is 1. The molecule has 6 heteroatoms. The molecule has 3 heterocycles. The van der Waals surface area contributed by atoms with Gasteiger partial charge in [-0.05, 0) is 36.9 Å². The summed E-state index contributed by atoms with van der Waals surface area (Å²) in [4.78, 5) is 23.3. The summed E-state index contributed by atoms with van der Waals surface area (Å²) in [6.07, 6.45) is 3.87. The van der Waals surface area contributed by atoms with Crippen LogP contribution in [0.15, 0.2) is 34.9 Å². The molecule has 0 aromatic carbocycles. The van der Waals surface area contributed by atoms with E-state index in [1.807, 2.05) is 19.2 Å². The van der Waals surface area contributed by atoms with Gasteiger partial charge in [-0.3, -0.25) is 14.7 Å². The van der Waals surface area contributed by atoms with Crippen LogP contribution in [0.2, 0.25) is 0 Å². The van der Waals surface area contributed by atoms with Crippen molar-refractivity contribution in [3.8, 4) is 23.0 Å². The Morgan fingerprint density at radius 1 is 1.33 bits per heavy atom. The standard InChI is InChI=1S/C18H18N4OS/c1-4-5-12-6-13(10-20-9-12)14-7-15(24-11-14)18(2)8-16(23)22(3)17(19)21-18/h6-7,9-11H,8H2,1-3H3,(H2,19,21)/t18-/m0/s1. The first kappa shape index (κ1) is 16.2. The Morgan fingerprint density at radius 3 is 2.83 bits per heavy atom. The summed E-state index contributed by atoms with van der Waals surface area (Å²) < 4.78 is 0. The smallest absolute Gasteiger partial charge is 0.231 e. The summed E-state index contributed by atoms with van der Waals surface area (Å²) in [6.45, 7) is 3.74. The number of hydrogen-bond donors (Lipinski definition) is 1. The van der Waals surface area contributed by atoms with Gasteiger partial charge in [0.2, 0.25) is 5.91 Å². The monoisotopic (exact) mass is 338 g/mol. The largest absolute Gasteiger partial charge is 0.369 e. The maximum Gasteiger partial charge on any atom is 0.231 e. The van der Waals surface area contributed by atoms with Crippen molar-refractivity contribution in [3.05, 3.63) is 40.3 Å². The van der Waals surface area contributed by atoms with E-state index in [0.29, 0.717) is 6.42 Å². The summed E-state index contributed by atoms with van der Waals surface area (Å²) in [5.41, 5.74) is 8.19. The van der Waals surface area contributed by atoms with Gasteiger partial charge >= 0.3 is 0 Å². The van der Waals surface area contributed by atoms with E-state index in [-0.39, 0.29) is 11.9 Å². The van der Waals surface area contributed by atoms with Crippen molar-refractivity contribution in [2.24, 2.45) is 10.7 Å². The number of rotatable bonds is 2. The zero-order valence-corrected chi connectivity index (χ0v) is 14.6. The van der Waals surface area contributed by atoms with E-state index in [0.717, 1.165) is 21.6 Å². The molecule has 1 aliphatic rings. The maximum absolute atomic E-state index is 12.1. The fourth-order valence-electron chi connectivity index (χ4n) is 2.63. The van der Waals surface area contributed by atoms with Crippen LogP contribution >= 0.6 is 11.3 Å². The lowest BCUT2D eigenvalue weighted by Gasteiger charge is -2.32. The predicted octanol–water partition coefficient (Wildman–Crippen LogP) is 2.57. The van der Waals surface area contributed by atoms with Gasteiger partial charge in [0.1, 0.15) is 5.54 Å². The molecule has 24 heavy (non-hydrogen) atoms. The zero-order chi connectivity index (χ0) is 17.3. The van der Waals surface area contributed by atoms with E-state index in [2.05, 4.69) is 33.3 Å². The van der Waals surface area contributed by atoms with Crippen molar-refractivity contribution in [3.63, 3.8) is 0 Å². The number of thiophene rings is 1. The Labute approximate surface area is 145 Å². The van der Waals surface area contributed by atoms with Crippen molar-refractivity contribution in [2.45, 2.75) is 25.8 Å². The van der Waals surface area contributed by atoms with Crippen molar-refractivity contribution in [2.75, 3.05) is 7.05 Å². The van der Waals surface area contributed by atoms with Gasteiger partial charge in [0.05, 0.1) is 6.42 Å². The van der Waals surface area contributed by atoms with Gasteiger partial charge in [0, 0.05) is 35.4 Å². The second-order valence-corrected chi connectivity index (χ2v) is 6.82. The molecule has 0 unspecified atom stereocenters. The number of aromatic nitrogens is 1. The molecule has 1 atom stereocenters. The van der Waals surface area contributed by atoms with Crippen LogP contribution in [0.4, 0.5) is 0 Å². The number of hydrogen-bond acceptors (Lipinski definition) is 5. The Kier molecular flexibility index (Phi) is 4.12. The van der Waals surface area contributed by atoms with Crippen molar-refractivity contribution >= 4 is 23.2 Å². The van der Waals surface area contributed by atoms with Gasteiger partial charge in [-0.25, -0.2) is 4.99 Å². The molecule has 0 radical (unpaired) electrons. The Bertz CT molecular complexity index is 890. The number of pyridine rings is 1. The number of amides is 1. The highest BCUT2D eigenvalue weighted by Crippen LogP contribution is 2.39. The van der Waals surface area contributed by atoms with E-state index in [1.165, 1.54) is 4.90 Å². The highest BCUT2D eigenvalue weighted by molar-refractivity contribution is 7.10. The van der Waals surface area contributed by atoms with Crippen LogP contribution < -0.4 is 5.73 Å². The van der Waals surface area contributed by atoms with Gasteiger partial charge < -0.3 is 5.73 Å². The minimum atomic E-state index is -0.620.